The number of benzene rings is 3. The molecule has 1 aromatic heterocycles. The summed E-state index contributed by atoms with van der Waals surface area (Å²) < 4.78 is 34.6. The Morgan fingerprint density at radius 3 is 2.39 bits per heavy atom. The zero-order valence-corrected chi connectivity index (χ0v) is 17.0. The van der Waals surface area contributed by atoms with Crippen LogP contribution in [0.15, 0.2) is 63.8 Å². The predicted molar refractivity (Wildman–Crippen MR) is 115 cm³/mol. The maximum atomic E-state index is 13.8. The number of carbonyl (C=O) groups is 1. The van der Waals surface area contributed by atoms with Gasteiger partial charge in [-0.3, -0.25) is 9.36 Å². The molecule has 1 N–H and O–H groups in total. The van der Waals surface area contributed by atoms with Crippen LogP contribution < -0.4 is 11.1 Å². The van der Waals surface area contributed by atoms with Gasteiger partial charge in [0.15, 0.2) is 5.58 Å². The summed E-state index contributed by atoms with van der Waals surface area (Å²) in [6, 6.07) is 13.9. The highest BCUT2D eigenvalue weighted by molar-refractivity contribution is 6.04. The van der Waals surface area contributed by atoms with Crippen molar-refractivity contribution in [1.82, 2.24) is 4.57 Å². The first-order valence-corrected chi connectivity index (χ1v) is 9.89. The zero-order valence-electron chi connectivity index (χ0n) is 17.0. The number of oxazole rings is 1. The first kappa shape index (κ1) is 20.5. The SMILES string of the molecule is CCCn1c(=O)oc2cc(C)c(-c3ccc(NC(=O)c4c(F)cccc4F)cc3)cc21. The van der Waals surface area contributed by atoms with Gasteiger partial charge in [-0.1, -0.05) is 25.1 Å². The third-order valence-corrected chi connectivity index (χ3v) is 5.11. The summed E-state index contributed by atoms with van der Waals surface area (Å²) >= 11 is 0. The molecule has 3 aromatic carbocycles. The second-order valence-corrected chi connectivity index (χ2v) is 7.28. The van der Waals surface area contributed by atoms with Crippen LogP contribution in [0.5, 0.6) is 0 Å². The van der Waals surface area contributed by atoms with Crippen molar-refractivity contribution in [3.8, 4) is 11.1 Å². The number of halogens is 2. The smallest absolute Gasteiger partial charge is 0.408 e. The molecule has 7 heteroatoms. The number of nitrogens with one attached hydrogen (secondary N) is 1. The molecule has 0 unspecified atom stereocenters. The van der Waals surface area contributed by atoms with E-state index in [0.29, 0.717) is 17.8 Å². The Bertz CT molecular complexity index is 1320. The van der Waals surface area contributed by atoms with Crippen LogP contribution in [0.2, 0.25) is 0 Å². The molecule has 0 aliphatic heterocycles. The second-order valence-electron chi connectivity index (χ2n) is 7.28. The summed E-state index contributed by atoms with van der Waals surface area (Å²) in [6.45, 7) is 4.47. The molecule has 1 heterocycles. The lowest BCUT2D eigenvalue weighted by molar-refractivity contribution is 0.101. The minimum Gasteiger partial charge on any atom is -0.408 e. The van der Waals surface area contributed by atoms with E-state index in [2.05, 4.69) is 5.32 Å². The Hall–Kier alpha value is -3.74. The average Bonchev–Trinajstić information content (AvgIpc) is 3.02. The zero-order chi connectivity index (χ0) is 22.1. The van der Waals surface area contributed by atoms with Gasteiger partial charge in [0.2, 0.25) is 0 Å². The van der Waals surface area contributed by atoms with E-state index in [9.17, 15) is 18.4 Å². The lowest BCUT2D eigenvalue weighted by Crippen LogP contribution is -2.15. The normalized spacial score (nSPS) is 11.1. The molecule has 0 aliphatic carbocycles. The monoisotopic (exact) mass is 422 g/mol. The molecule has 0 radical (unpaired) electrons. The Labute approximate surface area is 176 Å². The van der Waals surface area contributed by atoms with E-state index in [0.717, 1.165) is 40.8 Å². The Kier molecular flexibility index (Phi) is 5.42. The van der Waals surface area contributed by atoms with Gasteiger partial charge >= 0.3 is 5.76 Å². The van der Waals surface area contributed by atoms with Gasteiger partial charge in [-0.2, -0.15) is 0 Å². The third kappa shape index (κ3) is 3.86. The van der Waals surface area contributed by atoms with Crippen LogP contribution in [-0.2, 0) is 6.54 Å². The van der Waals surface area contributed by atoms with E-state index in [1.54, 1.807) is 28.8 Å². The number of rotatable bonds is 5. The summed E-state index contributed by atoms with van der Waals surface area (Å²) in [6.07, 6.45) is 0.800. The molecule has 5 nitrogen and oxygen atoms in total. The van der Waals surface area contributed by atoms with Gasteiger partial charge in [-0.15, -0.1) is 0 Å². The number of hydrogen-bond donors (Lipinski definition) is 1. The maximum Gasteiger partial charge on any atom is 0.419 e. The number of hydrogen-bond acceptors (Lipinski definition) is 3. The Morgan fingerprint density at radius 2 is 1.74 bits per heavy atom. The van der Waals surface area contributed by atoms with Gasteiger partial charge in [-0.25, -0.2) is 13.6 Å². The quantitative estimate of drug-likeness (QED) is 0.461. The van der Waals surface area contributed by atoms with Crippen LogP contribution in [-0.4, -0.2) is 10.5 Å². The van der Waals surface area contributed by atoms with E-state index >= 15 is 0 Å². The van der Waals surface area contributed by atoms with E-state index in [4.69, 9.17) is 4.42 Å². The average molecular weight is 422 g/mol. The van der Waals surface area contributed by atoms with Gasteiger partial charge in [0, 0.05) is 12.2 Å². The van der Waals surface area contributed by atoms with Crippen molar-refractivity contribution in [3.05, 3.63) is 87.9 Å². The van der Waals surface area contributed by atoms with Crippen molar-refractivity contribution in [2.45, 2.75) is 26.8 Å². The highest BCUT2D eigenvalue weighted by atomic mass is 19.1. The topological polar surface area (TPSA) is 64.2 Å². The van der Waals surface area contributed by atoms with Crippen molar-refractivity contribution >= 4 is 22.7 Å². The summed E-state index contributed by atoms with van der Waals surface area (Å²) in [5.74, 6) is -3.08. The first-order valence-electron chi connectivity index (χ1n) is 9.89. The fourth-order valence-corrected chi connectivity index (χ4v) is 3.60. The Morgan fingerprint density at radius 1 is 1.06 bits per heavy atom. The van der Waals surface area contributed by atoms with Crippen molar-refractivity contribution in [1.29, 1.82) is 0 Å². The molecular weight excluding hydrogens is 402 g/mol. The molecule has 0 fully saturated rings. The van der Waals surface area contributed by atoms with Crippen molar-refractivity contribution < 1.29 is 18.0 Å². The third-order valence-electron chi connectivity index (χ3n) is 5.11. The molecular formula is C24H20F2N2O3. The number of carbonyl (C=O) groups excluding carboxylic acids is 1. The summed E-state index contributed by atoms with van der Waals surface area (Å²) in [7, 11) is 0. The number of aryl methyl sites for hydroxylation is 2. The van der Waals surface area contributed by atoms with E-state index in [1.165, 1.54) is 6.07 Å². The van der Waals surface area contributed by atoms with Gasteiger partial charge < -0.3 is 9.73 Å². The van der Waals surface area contributed by atoms with Gasteiger partial charge in [0.05, 0.1) is 5.52 Å². The molecule has 158 valence electrons. The molecule has 4 rings (SSSR count). The largest absolute Gasteiger partial charge is 0.419 e. The molecule has 0 saturated heterocycles. The van der Waals surface area contributed by atoms with Gasteiger partial charge in [-0.05, 0) is 66.4 Å². The van der Waals surface area contributed by atoms with Crippen LogP contribution in [0.25, 0.3) is 22.2 Å². The van der Waals surface area contributed by atoms with E-state index < -0.39 is 23.1 Å². The molecule has 0 atom stereocenters. The standard InChI is InChI=1S/C24H20F2N2O3/c1-3-11-28-20-13-17(14(2)12-21(20)31-24(28)30)15-7-9-16(10-8-15)27-23(29)22-18(25)5-4-6-19(22)26/h4-10,12-13H,3,11H2,1-2H3,(H,27,29). The number of aromatic nitrogens is 1. The Balaban J connectivity index is 1.64. The number of nitrogens with zero attached hydrogens (tertiary/aromatic N) is 1. The lowest BCUT2D eigenvalue weighted by atomic mass is 9.99. The van der Waals surface area contributed by atoms with Crippen LogP contribution in [0, 0.1) is 18.6 Å². The highest BCUT2D eigenvalue weighted by Gasteiger charge is 2.17. The molecule has 0 bridgehead atoms. The van der Waals surface area contributed by atoms with Crippen LogP contribution in [0.3, 0.4) is 0 Å². The maximum absolute atomic E-state index is 13.8. The van der Waals surface area contributed by atoms with Gasteiger partial charge in [0.1, 0.15) is 17.2 Å². The fraction of sp³-hybridized carbons (Fsp3) is 0.167. The molecule has 0 spiro atoms. The van der Waals surface area contributed by atoms with Crippen LogP contribution >= 0.6 is 0 Å². The predicted octanol–water partition coefficient (Wildman–Crippen LogP) is 5.51. The van der Waals surface area contributed by atoms with Crippen LogP contribution in [0.4, 0.5) is 14.5 Å². The number of anilines is 1. The second kappa shape index (κ2) is 8.18. The minimum atomic E-state index is -0.920. The minimum absolute atomic E-state index is 0.383. The summed E-state index contributed by atoms with van der Waals surface area (Å²) in [4.78, 5) is 24.4. The first-order chi connectivity index (χ1) is 14.9. The van der Waals surface area contributed by atoms with Crippen molar-refractivity contribution in [3.63, 3.8) is 0 Å². The van der Waals surface area contributed by atoms with E-state index in [-0.39, 0.29) is 5.76 Å². The summed E-state index contributed by atoms with van der Waals surface area (Å²) in [5.41, 5.74) is 3.75. The highest BCUT2D eigenvalue weighted by Crippen LogP contribution is 2.29. The number of amides is 1. The van der Waals surface area contributed by atoms with Crippen molar-refractivity contribution in [2.24, 2.45) is 0 Å². The van der Waals surface area contributed by atoms with Crippen LogP contribution in [0.1, 0.15) is 29.3 Å². The molecule has 31 heavy (non-hydrogen) atoms. The van der Waals surface area contributed by atoms with Crippen molar-refractivity contribution in [2.75, 3.05) is 5.32 Å². The molecule has 4 aromatic rings. The summed E-state index contributed by atoms with van der Waals surface area (Å²) in [5, 5.41) is 2.51. The fourth-order valence-electron chi connectivity index (χ4n) is 3.60. The molecule has 1 amide bonds. The van der Waals surface area contributed by atoms with Gasteiger partial charge in [0.25, 0.3) is 5.91 Å². The lowest BCUT2D eigenvalue weighted by Gasteiger charge is -2.10. The number of fused-ring (bicyclic) bond motifs is 1. The van der Waals surface area contributed by atoms with E-state index in [1.807, 2.05) is 26.0 Å². The molecule has 0 saturated carbocycles. The molecule has 0 aliphatic rings.